The summed E-state index contributed by atoms with van der Waals surface area (Å²) in [6.45, 7) is 5.09. The zero-order valence-corrected chi connectivity index (χ0v) is 16.3. The fourth-order valence-corrected chi connectivity index (χ4v) is 3.30. The molecule has 26 heavy (non-hydrogen) atoms. The number of aryl methyl sites for hydroxylation is 1. The first kappa shape index (κ1) is 20.0. The second kappa shape index (κ2) is 10.0. The number of hydrogen-bond donors (Lipinski definition) is 2. The van der Waals surface area contributed by atoms with Gasteiger partial charge in [-0.25, -0.2) is 9.78 Å². The number of carboxylic acids is 1. The number of ether oxygens (including phenoxy) is 2. The highest BCUT2D eigenvalue weighted by molar-refractivity contribution is 7.17. The van der Waals surface area contributed by atoms with Crippen molar-refractivity contribution in [2.45, 2.75) is 46.1 Å². The summed E-state index contributed by atoms with van der Waals surface area (Å²) in [4.78, 5) is 15.6. The Bertz CT molecular complexity index is 730. The number of hydrogen-bond acceptors (Lipinski definition) is 6. The minimum Gasteiger partial charge on any atom is -0.493 e. The topological polar surface area (TPSA) is 80.7 Å². The normalized spacial score (nSPS) is 10.6. The molecule has 1 heterocycles. The standard InChI is InChI=1S/C19H26N2O4S/c1-4-5-6-7-10-25-15-9-8-14(11-16(15)24-3)12-20-19-21-13(2)17(26-19)18(22)23/h8-9,11H,4-7,10,12H2,1-3H3,(H,20,21)(H,22,23). The van der Waals surface area contributed by atoms with Crippen LogP contribution in [-0.2, 0) is 6.54 Å². The van der Waals surface area contributed by atoms with E-state index in [-0.39, 0.29) is 4.88 Å². The lowest BCUT2D eigenvalue weighted by Gasteiger charge is -2.12. The number of aromatic nitrogens is 1. The molecule has 0 aliphatic heterocycles. The van der Waals surface area contributed by atoms with Crippen molar-refractivity contribution in [3.05, 3.63) is 34.3 Å². The van der Waals surface area contributed by atoms with Crippen LogP contribution in [0.5, 0.6) is 11.5 Å². The van der Waals surface area contributed by atoms with Crippen molar-refractivity contribution in [1.82, 2.24) is 4.98 Å². The van der Waals surface area contributed by atoms with Gasteiger partial charge in [0.15, 0.2) is 16.6 Å². The van der Waals surface area contributed by atoms with Gasteiger partial charge in [0, 0.05) is 6.54 Å². The number of thiazole rings is 1. The second-order valence-electron chi connectivity index (χ2n) is 5.99. The Hall–Kier alpha value is -2.28. The number of aromatic carboxylic acids is 1. The monoisotopic (exact) mass is 378 g/mol. The van der Waals surface area contributed by atoms with Crippen molar-refractivity contribution >= 4 is 22.4 Å². The molecule has 6 nitrogen and oxygen atoms in total. The van der Waals surface area contributed by atoms with Gasteiger partial charge >= 0.3 is 5.97 Å². The summed E-state index contributed by atoms with van der Waals surface area (Å²) in [5, 5.41) is 12.8. The molecule has 0 bridgehead atoms. The fraction of sp³-hybridized carbons (Fsp3) is 0.474. The van der Waals surface area contributed by atoms with E-state index in [4.69, 9.17) is 14.6 Å². The van der Waals surface area contributed by atoms with Crippen LogP contribution in [0, 0.1) is 6.92 Å². The van der Waals surface area contributed by atoms with Crippen molar-refractivity contribution < 1.29 is 19.4 Å². The molecule has 2 N–H and O–H groups in total. The molecule has 0 unspecified atom stereocenters. The number of unbranched alkanes of at least 4 members (excludes halogenated alkanes) is 3. The highest BCUT2D eigenvalue weighted by atomic mass is 32.1. The van der Waals surface area contributed by atoms with E-state index in [2.05, 4.69) is 17.2 Å². The van der Waals surface area contributed by atoms with Crippen LogP contribution in [-0.4, -0.2) is 29.8 Å². The summed E-state index contributed by atoms with van der Waals surface area (Å²) in [7, 11) is 1.62. The Morgan fingerprint density at radius 2 is 2.08 bits per heavy atom. The molecule has 0 atom stereocenters. The molecule has 2 aromatic rings. The van der Waals surface area contributed by atoms with E-state index >= 15 is 0 Å². The Kier molecular flexibility index (Phi) is 7.72. The molecule has 142 valence electrons. The van der Waals surface area contributed by atoms with Crippen molar-refractivity contribution in [1.29, 1.82) is 0 Å². The lowest BCUT2D eigenvalue weighted by Crippen LogP contribution is -2.02. The summed E-state index contributed by atoms with van der Waals surface area (Å²) in [6, 6.07) is 5.80. The van der Waals surface area contributed by atoms with Gasteiger partial charge in [-0.1, -0.05) is 43.6 Å². The fourth-order valence-electron chi connectivity index (χ4n) is 2.50. The average molecular weight is 378 g/mol. The molecule has 0 aliphatic carbocycles. The molecule has 0 spiro atoms. The third kappa shape index (κ3) is 5.62. The van der Waals surface area contributed by atoms with Gasteiger partial charge in [-0.3, -0.25) is 0 Å². The molecule has 0 radical (unpaired) electrons. The Balaban J connectivity index is 1.93. The van der Waals surface area contributed by atoms with E-state index in [1.165, 1.54) is 19.3 Å². The summed E-state index contributed by atoms with van der Waals surface area (Å²) in [5.41, 5.74) is 1.53. The SMILES string of the molecule is CCCCCCOc1ccc(CNc2nc(C)c(C(=O)O)s2)cc1OC. The predicted octanol–water partition coefficient (Wildman–Crippen LogP) is 4.73. The smallest absolute Gasteiger partial charge is 0.347 e. The lowest BCUT2D eigenvalue weighted by atomic mass is 10.2. The molecular weight excluding hydrogens is 352 g/mol. The van der Waals surface area contributed by atoms with Gasteiger partial charge in [-0.05, 0) is 31.0 Å². The molecule has 0 fully saturated rings. The Labute approximate surface area is 158 Å². The van der Waals surface area contributed by atoms with Crippen LogP contribution in [0.1, 0.15) is 53.5 Å². The number of benzene rings is 1. The number of anilines is 1. The molecule has 1 aromatic carbocycles. The summed E-state index contributed by atoms with van der Waals surface area (Å²) >= 11 is 1.14. The highest BCUT2D eigenvalue weighted by Gasteiger charge is 2.14. The zero-order valence-electron chi connectivity index (χ0n) is 15.5. The van der Waals surface area contributed by atoms with Gasteiger partial charge < -0.3 is 19.9 Å². The number of rotatable bonds is 11. The molecule has 2 rings (SSSR count). The van der Waals surface area contributed by atoms with E-state index < -0.39 is 5.97 Å². The number of nitrogens with zero attached hydrogens (tertiary/aromatic N) is 1. The first-order valence-electron chi connectivity index (χ1n) is 8.79. The van der Waals surface area contributed by atoms with E-state index in [9.17, 15) is 4.79 Å². The van der Waals surface area contributed by atoms with Crippen LogP contribution in [0.25, 0.3) is 0 Å². The molecule has 0 amide bonds. The summed E-state index contributed by atoms with van der Waals surface area (Å²) < 4.78 is 11.2. The summed E-state index contributed by atoms with van der Waals surface area (Å²) in [6.07, 6.45) is 4.64. The van der Waals surface area contributed by atoms with Crippen LogP contribution in [0.15, 0.2) is 18.2 Å². The lowest BCUT2D eigenvalue weighted by molar-refractivity contribution is 0.0701. The van der Waals surface area contributed by atoms with E-state index in [1.54, 1.807) is 14.0 Å². The van der Waals surface area contributed by atoms with Gasteiger partial charge in [-0.2, -0.15) is 0 Å². The van der Waals surface area contributed by atoms with Crippen molar-refractivity contribution in [3.63, 3.8) is 0 Å². The minimum atomic E-state index is -0.949. The third-order valence-electron chi connectivity index (χ3n) is 3.92. The number of carboxylic acid groups (broad SMARTS) is 1. The van der Waals surface area contributed by atoms with Crippen LogP contribution in [0.4, 0.5) is 5.13 Å². The highest BCUT2D eigenvalue weighted by Crippen LogP contribution is 2.29. The van der Waals surface area contributed by atoms with Gasteiger partial charge in [0.2, 0.25) is 0 Å². The van der Waals surface area contributed by atoms with Crippen molar-refractivity contribution in [2.75, 3.05) is 19.0 Å². The van der Waals surface area contributed by atoms with Crippen molar-refractivity contribution in [2.24, 2.45) is 0 Å². The molecule has 7 heteroatoms. The zero-order chi connectivity index (χ0) is 18.9. The van der Waals surface area contributed by atoms with Crippen LogP contribution in [0.3, 0.4) is 0 Å². The third-order valence-corrected chi connectivity index (χ3v) is 5.02. The minimum absolute atomic E-state index is 0.261. The van der Waals surface area contributed by atoms with Gasteiger partial charge in [0.1, 0.15) is 4.88 Å². The van der Waals surface area contributed by atoms with Crippen LogP contribution in [0.2, 0.25) is 0 Å². The molecule has 1 aromatic heterocycles. The predicted molar refractivity (Wildman–Crippen MR) is 104 cm³/mol. The average Bonchev–Trinajstić information content (AvgIpc) is 3.01. The van der Waals surface area contributed by atoms with E-state index in [0.717, 1.165) is 29.1 Å². The maximum atomic E-state index is 11.1. The Morgan fingerprint density at radius 1 is 1.27 bits per heavy atom. The largest absolute Gasteiger partial charge is 0.493 e. The van der Waals surface area contributed by atoms with Gasteiger partial charge in [0.05, 0.1) is 19.4 Å². The molecule has 0 aliphatic rings. The van der Waals surface area contributed by atoms with Crippen LogP contribution < -0.4 is 14.8 Å². The van der Waals surface area contributed by atoms with E-state index in [0.29, 0.717) is 29.7 Å². The molecular formula is C19H26N2O4S. The van der Waals surface area contributed by atoms with E-state index in [1.807, 2.05) is 18.2 Å². The van der Waals surface area contributed by atoms with Crippen molar-refractivity contribution in [3.8, 4) is 11.5 Å². The molecule has 0 saturated carbocycles. The molecule has 0 saturated heterocycles. The first-order chi connectivity index (χ1) is 12.5. The Morgan fingerprint density at radius 3 is 2.73 bits per heavy atom. The first-order valence-corrected chi connectivity index (χ1v) is 9.61. The summed E-state index contributed by atoms with van der Waals surface area (Å²) in [5.74, 6) is 0.488. The maximum absolute atomic E-state index is 11.1. The number of methoxy groups -OCH3 is 1. The van der Waals surface area contributed by atoms with Gasteiger partial charge in [-0.15, -0.1) is 0 Å². The maximum Gasteiger partial charge on any atom is 0.347 e. The quantitative estimate of drug-likeness (QED) is 0.550. The number of carbonyl (C=O) groups is 1. The van der Waals surface area contributed by atoms with Gasteiger partial charge in [0.25, 0.3) is 0 Å². The van der Waals surface area contributed by atoms with Crippen LogP contribution >= 0.6 is 11.3 Å². The number of nitrogens with one attached hydrogen (secondary N) is 1. The second-order valence-corrected chi connectivity index (χ2v) is 6.99.